The van der Waals surface area contributed by atoms with E-state index in [1.165, 1.54) is 0 Å². The van der Waals surface area contributed by atoms with Crippen LogP contribution in [0.1, 0.15) is 28.9 Å². The molecule has 3 heterocycles. The van der Waals surface area contributed by atoms with Crippen LogP contribution in [0, 0.1) is 0 Å². The van der Waals surface area contributed by atoms with Gasteiger partial charge in [-0.1, -0.05) is 18.2 Å². The number of benzene rings is 1. The molecule has 18 heavy (non-hydrogen) atoms. The number of ketones is 1. The van der Waals surface area contributed by atoms with E-state index in [9.17, 15) is 9.59 Å². The molecule has 0 spiro atoms. The number of nitrogens with zero attached hydrogens (tertiary/aromatic N) is 1. The van der Waals surface area contributed by atoms with Crippen molar-refractivity contribution in [2.24, 2.45) is 0 Å². The van der Waals surface area contributed by atoms with E-state index in [2.05, 4.69) is 4.98 Å². The molecule has 2 aliphatic rings. The number of aromatic nitrogens is 1. The van der Waals surface area contributed by atoms with E-state index in [1.807, 2.05) is 24.3 Å². The molecule has 0 bridgehead atoms. The summed E-state index contributed by atoms with van der Waals surface area (Å²) in [6, 6.07) is 7.63. The zero-order chi connectivity index (χ0) is 12.3. The summed E-state index contributed by atoms with van der Waals surface area (Å²) in [5, 5.41) is 1.05. The Hall–Kier alpha value is -2.10. The Morgan fingerprint density at radius 2 is 2.06 bits per heavy atom. The number of H-pyrrole nitrogens is 1. The molecule has 1 saturated heterocycles. The van der Waals surface area contributed by atoms with Crippen molar-refractivity contribution in [2.75, 3.05) is 0 Å². The minimum Gasteiger partial charge on any atom is -0.352 e. The lowest BCUT2D eigenvalue weighted by Gasteiger charge is -2.28. The summed E-state index contributed by atoms with van der Waals surface area (Å²) >= 11 is 0. The van der Waals surface area contributed by atoms with Crippen molar-refractivity contribution in [3.8, 4) is 0 Å². The Morgan fingerprint density at radius 1 is 1.22 bits per heavy atom. The number of rotatable bonds is 0. The van der Waals surface area contributed by atoms with E-state index in [-0.39, 0.29) is 17.7 Å². The standard InChI is InChI=1S/C14H12N2O2/c17-12-6-5-11-14(18)13-9(7-16(11)12)8-3-1-2-4-10(8)15-13/h1-4,11,15H,5-7H2. The number of aromatic amines is 1. The van der Waals surface area contributed by atoms with Crippen LogP contribution in [-0.2, 0) is 11.3 Å². The SMILES string of the molecule is O=C1c2[nH]c3ccccc3c2CN2C(=O)CCC12. The van der Waals surface area contributed by atoms with Crippen molar-refractivity contribution in [3.63, 3.8) is 0 Å². The second-order valence-corrected chi connectivity index (χ2v) is 4.96. The summed E-state index contributed by atoms with van der Waals surface area (Å²) in [6.45, 7) is 0.564. The first-order valence-electron chi connectivity index (χ1n) is 6.19. The normalized spacial score (nSPS) is 22.4. The van der Waals surface area contributed by atoms with Crippen LogP contribution < -0.4 is 0 Å². The third-order valence-electron chi connectivity index (χ3n) is 4.02. The second-order valence-electron chi connectivity index (χ2n) is 4.96. The number of para-hydroxylation sites is 1. The Labute approximate surface area is 104 Å². The fraction of sp³-hybridized carbons (Fsp3) is 0.286. The van der Waals surface area contributed by atoms with E-state index in [0.29, 0.717) is 25.1 Å². The predicted molar refractivity (Wildman–Crippen MR) is 66.2 cm³/mol. The van der Waals surface area contributed by atoms with Crippen molar-refractivity contribution in [1.82, 2.24) is 9.88 Å². The molecule has 1 atom stereocenters. The molecule has 1 amide bonds. The molecular weight excluding hydrogens is 228 g/mol. The predicted octanol–water partition coefficient (Wildman–Crippen LogP) is 1.86. The number of nitrogens with one attached hydrogen (secondary N) is 1. The van der Waals surface area contributed by atoms with Crippen molar-refractivity contribution in [3.05, 3.63) is 35.5 Å². The van der Waals surface area contributed by atoms with Crippen LogP contribution in [0.5, 0.6) is 0 Å². The lowest BCUT2D eigenvalue weighted by molar-refractivity contribution is -0.129. The molecule has 0 saturated carbocycles. The van der Waals surface area contributed by atoms with Gasteiger partial charge in [0.1, 0.15) is 0 Å². The molecule has 4 nitrogen and oxygen atoms in total. The first-order valence-corrected chi connectivity index (χ1v) is 6.19. The van der Waals surface area contributed by atoms with Gasteiger partial charge in [0.05, 0.1) is 11.7 Å². The molecule has 2 aliphatic heterocycles. The molecule has 1 aromatic heterocycles. The maximum atomic E-state index is 12.4. The third-order valence-corrected chi connectivity index (χ3v) is 4.02. The van der Waals surface area contributed by atoms with Crippen molar-refractivity contribution < 1.29 is 9.59 Å². The van der Waals surface area contributed by atoms with Gasteiger partial charge in [-0.15, -0.1) is 0 Å². The lowest BCUT2D eigenvalue weighted by Crippen LogP contribution is -2.42. The monoisotopic (exact) mass is 240 g/mol. The summed E-state index contributed by atoms with van der Waals surface area (Å²) in [6.07, 6.45) is 1.16. The molecular formula is C14H12N2O2. The Balaban J connectivity index is 1.96. The van der Waals surface area contributed by atoms with Crippen LogP contribution in [0.2, 0.25) is 0 Å². The van der Waals surface area contributed by atoms with E-state index in [0.717, 1.165) is 16.5 Å². The number of Topliss-reactive ketones (excluding diaryl/α,β-unsaturated/α-hetero) is 1. The van der Waals surface area contributed by atoms with Crippen LogP contribution in [0.25, 0.3) is 10.9 Å². The fourth-order valence-electron chi connectivity index (χ4n) is 3.12. The molecule has 1 N–H and O–H groups in total. The highest BCUT2D eigenvalue weighted by Crippen LogP contribution is 2.34. The van der Waals surface area contributed by atoms with Gasteiger partial charge in [0.25, 0.3) is 0 Å². The molecule has 0 radical (unpaired) electrons. The molecule has 4 rings (SSSR count). The van der Waals surface area contributed by atoms with Gasteiger partial charge in [-0.25, -0.2) is 0 Å². The largest absolute Gasteiger partial charge is 0.352 e. The van der Waals surface area contributed by atoms with Crippen LogP contribution in [0.4, 0.5) is 0 Å². The highest BCUT2D eigenvalue weighted by atomic mass is 16.2. The van der Waals surface area contributed by atoms with Gasteiger partial charge in [-0.3, -0.25) is 9.59 Å². The molecule has 90 valence electrons. The highest BCUT2D eigenvalue weighted by Gasteiger charge is 2.42. The molecule has 1 aromatic carbocycles. The van der Waals surface area contributed by atoms with Crippen LogP contribution in [-0.4, -0.2) is 27.6 Å². The van der Waals surface area contributed by atoms with Crippen molar-refractivity contribution in [1.29, 1.82) is 0 Å². The summed E-state index contributed by atoms with van der Waals surface area (Å²) < 4.78 is 0. The smallest absolute Gasteiger partial charge is 0.223 e. The van der Waals surface area contributed by atoms with Gasteiger partial charge < -0.3 is 9.88 Å². The molecule has 0 aliphatic carbocycles. The van der Waals surface area contributed by atoms with Gasteiger partial charge in [-0.05, 0) is 12.5 Å². The van der Waals surface area contributed by atoms with Crippen LogP contribution >= 0.6 is 0 Å². The van der Waals surface area contributed by atoms with Gasteiger partial charge in [0, 0.05) is 29.4 Å². The maximum absolute atomic E-state index is 12.4. The number of hydrogen-bond acceptors (Lipinski definition) is 2. The summed E-state index contributed by atoms with van der Waals surface area (Å²) in [5.41, 5.74) is 2.65. The first-order chi connectivity index (χ1) is 8.75. The Morgan fingerprint density at radius 3 is 2.94 bits per heavy atom. The fourth-order valence-corrected chi connectivity index (χ4v) is 3.12. The number of amides is 1. The van der Waals surface area contributed by atoms with Crippen LogP contribution in [0.15, 0.2) is 24.3 Å². The minimum atomic E-state index is -0.238. The van der Waals surface area contributed by atoms with Crippen LogP contribution in [0.3, 0.4) is 0 Å². The summed E-state index contributed by atoms with van der Waals surface area (Å²) in [7, 11) is 0. The molecule has 4 heteroatoms. The number of fused-ring (bicyclic) bond motifs is 4. The maximum Gasteiger partial charge on any atom is 0.223 e. The number of carbonyl (C=O) groups is 2. The average Bonchev–Trinajstić information content (AvgIpc) is 2.93. The lowest BCUT2D eigenvalue weighted by atomic mass is 9.98. The third kappa shape index (κ3) is 1.10. The Bertz CT molecular complexity index is 686. The van der Waals surface area contributed by atoms with E-state index in [1.54, 1.807) is 4.90 Å². The molecule has 2 aromatic rings. The zero-order valence-electron chi connectivity index (χ0n) is 9.77. The zero-order valence-corrected chi connectivity index (χ0v) is 9.77. The van der Waals surface area contributed by atoms with Gasteiger partial charge in [-0.2, -0.15) is 0 Å². The van der Waals surface area contributed by atoms with Gasteiger partial charge >= 0.3 is 0 Å². The second kappa shape index (κ2) is 3.22. The van der Waals surface area contributed by atoms with Gasteiger partial charge in [0.15, 0.2) is 0 Å². The molecule has 1 unspecified atom stereocenters. The van der Waals surface area contributed by atoms with E-state index < -0.39 is 0 Å². The van der Waals surface area contributed by atoms with Crippen molar-refractivity contribution in [2.45, 2.75) is 25.4 Å². The number of hydrogen-bond donors (Lipinski definition) is 1. The van der Waals surface area contributed by atoms with E-state index in [4.69, 9.17) is 0 Å². The average molecular weight is 240 g/mol. The van der Waals surface area contributed by atoms with Crippen molar-refractivity contribution >= 4 is 22.6 Å². The Kier molecular flexibility index (Phi) is 1.77. The van der Waals surface area contributed by atoms with E-state index >= 15 is 0 Å². The van der Waals surface area contributed by atoms with Gasteiger partial charge in [0.2, 0.25) is 11.7 Å². The quantitative estimate of drug-likeness (QED) is 0.764. The highest BCUT2D eigenvalue weighted by molar-refractivity contribution is 6.08. The topological polar surface area (TPSA) is 53.2 Å². The summed E-state index contributed by atoms with van der Waals surface area (Å²) in [5.74, 6) is 0.169. The summed E-state index contributed by atoms with van der Waals surface area (Å²) in [4.78, 5) is 29.1. The molecule has 1 fully saturated rings. The first kappa shape index (κ1) is 9.88. The number of carbonyl (C=O) groups excluding carboxylic acids is 2. The minimum absolute atomic E-state index is 0.0679.